The first-order valence-corrected chi connectivity index (χ1v) is 8.13. The van der Waals surface area contributed by atoms with Gasteiger partial charge in [0.2, 0.25) is 0 Å². The van der Waals surface area contributed by atoms with E-state index in [0.29, 0.717) is 5.92 Å². The monoisotopic (exact) mass is 297 g/mol. The van der Waals surface area contributed by atoms with Crippen molar-refractivity contribution in [2.75, 3.05) is 6.54 Å². The Labute approximate surface area is 129 Å². The van der Waals surface area contributed by atoms with Gasteiger partial charge in [-0.15, -0.1) is 11.3 Å². The second-order valence-electron chi connectivity index (χ2n) is 5.02. The normalized spacial score (nSPS) is 12.4. The van der Waals surface area contributed by atoms with Crippen LogP contribution in [0.5, 0.6) is 0 Å². The van der Waals surface area contributed by atoms with Crippen LogP contribution in [0.25, 0.3) is 0 Å². The summed E-state index contributed by atoms with van der Waals surface area (Å²) in [6, 6.07) is 18.9. The Morgan fingerprint density at radius 3 is 2.62 bits per heavy atom. The van der Waals surface area contributed by atoms with Crippen LogP contribution in [0, 0.1) is 0 Å². The van der Waals surface area contributed by atoms with E-state index < -0.39 is 0 Å². The van der Waals surface area contributed by atoms with E-state index in [1.54, 1.807) is 17.6 Å². The molecule has 0 aliphatic rings. The molecule has 1 unspecified atom stereocenters. The Hall–Kier alpha value is -1.84. The van der Waals surface area contributed by atoms with Crippen molar-refractivity contribution < 1.29 is 4.42 Å². The number of rotatable bonds is 7. The molecule has 2 heterocycles. The number of benzene rings is 1. The minimum atomic E-state index is 0.317. The third-order valence-corrected chi connectivity index (χ3v) is 4.45. The predicted octanol–water partition coefficient (Wildman–Crippen LogP) is 4.65. The number of furan rings is 1. The lowest BCUT2D eigenvalue weighted by molar-refractivity contribution is 0.466. The average Bonchev–Trinajstić information content (AvgIpc) is 3.21. The van der Waals surface area contributed by atoms with Crippen LogP contribution >= 0.6 is 11.3 Å². The zero-order valence-corrected chi connectivity index (χ0v) is 12.7. The molecule has 0 fully saturated rings. The van der Waals surface area contributed by atoms with Crippen molar-refractivity contribution in [3.63, 3.8) is 0 Å². The first kappa shape index (κ1) is 14.1. The van der Waals surface area contributed by atoms with E-state index in [2.05, 4.69) is 59.2 Å². The molecule has 0 saturated carbocycles. The first-order valence-electron chi connectivity index (χ1n) is 7.25. The van der Waals surface area contributed by atoms with Crippen molar-refractivity contribution in [3.8, 4) is 0 Å². The maximum atomic E-state index is 5.63. The molecule has 21 heavy (non-hydrogen) atoms. The summed E-state index contributed by atoms with van der Waals surface area (Å²) >= 11 is 1.79. The van der Waals surface area contributed by atoms with Gasteiger partial charge in [-0.3, -0.25) is 0 Å². The Balaban J connectivity index is 1.61. The van der Waals surface area contributed by atoms with E-state index in [-0.39, 0.29) is 0 Å². The molecule has 1 aromatic carbocycles. The Kier molecular flexibility index (Phi) is 4.87. The summed E-state index contributed by atoms with van der Waals surface area (Å²) in [7, 11) is 0. The Morgan fingerprint density at radius 1 is 1.00 bits per heavy atom. The number of hydrogen-bond donors (Lipinski definition) is 1. The first-order chi connectivity index (χ1) is 10.4. The number of thiophene rings is 1. The lowest BCUT2D eigenvalue weighted by atomic mass is 9.93. The minimum absolute atomic E-state index is 0.317. The van der Waals surface area contributed by atoms with Gasteiger partial charge in [-0.1, -0.05) is 36.4 Å². The van der Waals surface area contributed by atoms with Crippen LogP contribution in [0.15, 0.2) is 70.7 Å². The summed E-state index contributed by atoms with van der Waals surface area (Å²) in [5.74, 6) is 1.36. The molecule has 0 bridgehead atoms. The SMILES string of the molecule is c1ccc(C(CCNCc2cccs2)c2ccco2)cc1. The molecule has 2 aromatic heterocycles. The zero-order valence-electron chi connectivity index (χ0n) is 11.9. The van der Waals surface area contributed by atoms with E-state index in [9.17, 15) is 0 Å². The highest BCUT2D eigenvalue weighted by Gasteiger charge is 2.16. The highest BCUT2D eigenvalue weighted by Crippen LogP contribution is 2.27. The van der Waals surface area contributed by atoms with Gasteiger partial charge in [0.15, 0.2) is 0 Å². The molecule has 0 aliphatic carbocycles. The van der Waals surface area contributed by atoms with Gasteiger partial charge in [-0.05, 0) is 42.1 Å². The van der Waals surface area contributed by atoms with Gasteiger partial charge in [0, 0.05) is 17.3 Å². The van der Waals surface area contributed by atoms with Crippen LogP contribution in [0.1, 0.15) is 28.5 Å². The van der Waals surface area contributed by atoms with Crippen LogP contribution in [0.4, 0.5) is 0 Å². The second kappa shape index (κ2) is 7.25. The van der Waals surface area contributed by atoms with E-state index in [4.69, 9.17) is 4.42 Å². The molecule has 0 aliphatic heterocycles. The molecule has 2 nitrogen and oxygen atoms in total. The van der Waals surface area contributed by atoms with Crippen molar-refractivity contribution in [1.82, 2.24) is 5.32 Å². The van der Waals surface area contributed by atoms with Crippen molar-refractivity contribution in [1.29, 1.82) is 0 Å². The fraction of sp³-hybridized carbons (Fsp3) is 0.222. The van der Waals surface area contributed by atoms with Crippen LogP contribution in [0.2, 0.25) is 0 Å². The molecule has 1 N–H and O–H groups in total. The van der Waals surface area contributed by atoms with Crippen molar-refractivity contribution in [2.45, 2.75) is 18.9 Å². The van der Waals surface area contributed by atoms with E-state index in [0.717, 1.165) is 25.3 Å². The zero-order chi connectivity index (χ0) is 14.3. The van der Waals surface area contributed by atoms with Gasteiger partial charge >= 0.3 is 0 Å². The van der Waals surface area contributed by atoms with Crippen LogP contribution in [-0.4, -0.2) is 6.54 Å². The molecule has 0 spiro atoms. The summed E-state index contributed by atoms with van der Waals surface area (Å²) in [4.78, 5) is 1.38. The smallest absolute Gasteiger partial charge is 0.111 e. The maximum absolute atomic E-state index is 5.63. The second-order valence-corrected chi connectivity index (χ2v) is 6.06. The van der Waals surface area contributed by atoms with Crippen molar-refractivity contribution in [3.05, 3.63) is 82.4 Å². The lowest BCUT2D eigenvalue weighted by Gasteiger charge is -2.15. The molecular weight excluding hydrogens is 278 g/mol. The van der Waals surface area contributed by atoms with Crippen LogP contribution in [-0.2, 0) is 6.54 Å². The molecule has 3 heteroatoms. The lowest BCUT2D eigenvalue weighted by Crippen LogP contribution is -2.17. The van der Waals surface area contributed by atoms with Crippen molar-refractivity contribution in [2.24, 2.45) is 0 Å². The topological polar surface area (TPSA) is 25.2 Å². The molecular formula is C18H19NOS. The van der Waals surface area contributed by atoms with E-state index in [1.807, 2.05) is 6.07 Å². The maximum Gasteiger partial charge on any atom is 0.111 e. The molecule has 108 valence electrons. The van der Waals surface area contributed by atoms with Crippen molar-refractivity contribution >= 4 is 11.3 Å². The summed E-state index contributed by atoms with van der Waals surface area (Å²) in [6.45, 7) is 1.91. The summed E-state index contributed by atoms with van der Waals surface area (Å²) in [6.07, 6.45) is 2.78. The third kappa shape index (κ3) is 3.84. The molecule has 0 amide bonds. The third-order valence-electron chi connectivity index (χ3n) is 3.58. The molecule has 1 atom stereocenters. The van der Waals surface area contributed by atoms with E-state index in [1.165, 1.54) is 10.4 Å². The fourth-order valence-electron chi connectivity index (χ4n) is 2.52. The average molecular weight is 297 g/mol. The van der Waals surface area contributed by atoms with Gasteiger partial charge in [-0.2, -0.15) is 0 Å². The molecule has 0 radical (unpaired) electrons. The van der Waals surface area contributed by atoms with Crippen LogP contribution < -0.4 is 5.32 Å². The van der Waals surface area contributed by atoms with Gasteiger partial charge in [0.25, 0.3) is 0 Å². The predicted molar refractivity (Wildman–Crippen MR) is 87.6 cm³/mol. The minimum Gasteiger partial charge on any atom is -0.469 e. The van der Waals surface area contributed by atoms with Gasteiger partial charge < -0.3 is 9.73 Å². The molecule has 0 saturated heterocycles. The summed E-state index contributed by atoms with van der Waals surface area (Å²) in [5, 5.41) is 5.64. The Morgan fingerprint density at radius 2 is 1.90 bits per heavy atom. The number of hydrogen-bond acceptors (Lipinski definition) is 3. The van der Waals surface area contributed by atoms with Crippen LogP contribution in [0.3, 0.4) is 0 Å². The molecule has 3 rings (SSSR count). The highest BCUT2D eigenvalue weighted by atomic mass is 32.1. The largest absolute Gasteiger partial charge is 0.469 e. The standard InChI is InChI=1S/C18H19NOS/c1-2-6-15(7-3-1)17(18-9-4-12-20-18)10-11-19-14-16-8-5-13-21-16/h1-9,12-13,17,19H,10-11,14H2. The van der Waals surface area contributed by atoms with E-state index >= 15 is 0 Å². The van der Waals surface area contributed by atoms with Gasteiger partial charge in [0.1, 0.15) is 5.76 Å². The quantitative estimate of drug-likeness (QED) is 0.642. The number of nitrogens with one attached hydrogen (secondary N) is 1. The fourth-order valence-corrected chi connectivity index (χ4v) is 3.19. The van der Waals surface area contributed by atoms with Gasteiger partial charge in [0.05, 0.1) is 6.26 Å². The summed E-state index contributed by atoms with van der Waals surface area (Å²) < 4.78 is 5.63. The highest BCUT2D eigenvalue weighted by molar-refractivity contribution is 7.09. The molecule has 3 aromatic rings. The Bertz CT molecular complexity index is 617. The summed E-state index contributed by atoms with van der Waals surface area (Å²) in [5.41, 5.74) is 1.31. The van der Waals surface area contributed by atoms with Gasteiger partial charge in [-0.25, -0.2) is 0 Å².